The number of methoxy groups -OCH3 is 3. The summed E-state index contributed by atoms with van der Waals surface area (Å²) >= 11 is 0. The van der Waals surface area contributed by atoms with Gasteiger partial charge >= 0.3 is 0 Å². The van der Waals surface area contributed by atoms with Crippen LogP contribution in [-0.2, 0) is 11.3 Å². The van der Waals surface area contributed by atoms with Crippen LogP contribution in [0.5, 0.6) is 17.2 Å². The summed E-state index contributed by atoms with van der Waals surface area (Å²) in [5, 5.41) is 3.08. The van der Waals surface area contributed by atoms with E-state index in [9.17, 15) is 4.79 Å². The minimum atomic E-state index is 0.0106. The number of likely N-dealkylation sites (N-methyl/N-ethyl adjacent to an activating group) is 1. The van der Waals surface area contributed by atoms with Crippen LogP contribution < -0.4 is 19.5 Å². The first-order chi connectivity index (χ1) is 9.53. The van der Waals surface area contributed by atoms with E-state index in [0.29, 0.717) is 23.8 Å². The number of hydrogen-bond acceptors (Lipinski definition) is 5. The summed E-state index contributed by atoms with van der Waals surface area (Å²) in [6, 6.07) is 3.57. The molecule has 6 nitrogen and oxygen atoms in total. The minimum Gasteiger partial charge on any atom is -0.496 e. The number of ether oxygens (including phenoxy) is 3. The molecule has 1 rings (SSSR count). The quantitative estimate of drug-likeness (QED) is 0.805. The molecule has 0 fully saturated rings. The molecule has 0 radical (unpaired) electrons. The van der Waals surface area contributed by atoms with Crippen molar-refractivity contribution in [3.8, 4) is 17.2 Å². The SMILES string of the molecule is COc1cc(OC)c(CNCC(=O)N(C)C)c(OC)c1. The van der Waals surface area contributed by atoms with Crippen molar-refractivity contribution in [2.24, 2.45) is 0 Å². The molecule has 0 heterocycles. The number of rotatable bonds is 7. The normalized spacial score (nSPS) is 10.1. The van der Waals surface area contributed by atoms with E-state index in [1.54, 1.807) is 47.6 Å². The lowest BCUT2D eigenvalue weighted by atomic mass is 10.1. The van der Waals surface area contributed by atoms with E-state index in [1.807, 2.05) is 0 Å². The first-order valence-electron chi connectivity index (χ1n) is 6.23. The molecule has 112 valence electrons. The van der Waals surface area contributed by atoms with Crippen molar-refractivity contribution in [3.63, 3.8) is 0 Å². The van der Waals surface area contributed by atoms with Gasteiger partial charge in [0, 0.05) is 32.8 Å². The predicted octanol–water partition coefficient (Wildman–Crippen LogP) is 0.890. The Labute approximate surface area is 119 Å². The van der Waals surface area contributed by atoms with Gasteiger partial charge in [0.05, 0.1) is 33.4 Å². The Kier molecular flexibility index (Phi) is 6.11. The van der Waals surface area contributed by atoms with E-state index in [0.717, 1.165) is 5.56 Å². The Morgan fingerprint density at radius 3 is 2.05 bits per heavy atom. The second-order valence-corrected chi connectivity index (χ2v) is 4.40. The lowest BCUT2D eigenvalue weighted by Crippen LogP contribution is -2.32. The summed E-state index contributed by atoms with van der Waals surface area (Å²) in [5.41, 5.74) is 0.849. The summed E-state index contributed by atoms with van der Waals surface area (Å²) < 4.78 is 15.9. The van der Waals surface area contributed by atoms with Gasteiger partial charge in [0.15, 0.2) is 0 Å². The molecule has 0 saturated carbocycles. The summed E-state index contributed by atoms with van der Waals surface area (Å²) in [7, 11) is 8.20. The van der Waals surface area contributed by atoms with E-state index >= 15 is 0 Å². The van der Waals surface area contributed by atoms with Crippen molar-refractivity contribution >= 4 is 5.91 Å². The number of nitrogens with one attached hydrogen (secondary N) is 1. The van der Waals surface area contributed by atoms with Crippen LogP contribution in [-0.4, -0.2) is 52.8 Å². The van der Waals surface area contributed by atoms with Gasteiger partial charge < -0.3 is 24.4 Å². The number of carbonyl (C=O) groups excluding carboxylic acids is 1. The Bertz CT molecular complexity index is 435. The number of hydrogen-bond donors (Lipinski definition) is 1. The third-order valence-electron chi connectivity index (χ3n) is 2.89. The van der Waals surface area contributed by atoms with Crippen LogP contribution in [0.3, 0.4) is 0 Å². The molecule has 1 aromatic carbocycles. The molecule has 0 atom stereocenters. The molecule has 20 heavy (non-hydrogen) atoms. The van der Waals surface area contributed by atoms with Crippen molar-refractivity contribution in [1.29, 1.82) is 0 Å². The fourth-order valence-corrected chi connectivity index (χ4v) is 1.70. The van der Waals surface area contributed by atoms with E-state index in [-0.39, 0.29) is 12.5 Å². The van der Waals surface area contributed by atoms with Gasteiger partial charge in [-0.15, -0.1) is 0 Å². The molecule has 1 N–H and O–H groups in total. The van der Waals surface area contributed by atoms with Crippen LogP contribution >= 0.6 is 0 Å². The zero-order valence-electron chi connectivity index (χ0n) is 12.6. The molecule has 1 amide bonds. The zero-order chi connectivity index (χ0) is 15.1. The average molecular weight is 282 g/mol. The molecular formula is C14H22N2O4. The highest BCUT2D eigenvalue weighted by Crippen LogP contribution is 2.33. The lowest BCUT2D eigenvalue weighted by molar-refractivity contribution is -0.127. The molecule has 0 aliphatic heterocycles. The van der Waals surface area contributed by atoms with Crippen LogP contribution in [0, 0.1) is 0 Å². The van der Waals surface area contributed by atoms with E-state index < -0.39 is 0 Å². The zero-order valence-corrected chi connectivity index (χ0v) is 12.6. The largest absolute Gasteiger partial charge is 0.496 e. The Morgan fingerprint density at radius 2 is 1.65 bits per heavy atom. The number of carbonyl (C=O) groups is 1. The van der Waals surface area contributed by atoms with Crippen LogP contribution in [0.15, 0.2) is 12.1 Å². The average Bonchev–Trinajstić information content (AvgIpc) is 2.46. The Morgan fingerprint density at radius 1 is 1.10 bits per heavy atom. The van der Waals surface area contributed by atoms with Gasteiger partial charge in [0.1, 0.15) is 17.2 Å². The van der Waals surface area contributed by atoms with Gasteiger partial charge in [0.25, 0.3) is 0 Å². The predicted molar refractivity (Wildman–Crippen MR) is 76.5 cm³/mol. The summed E-state index contributed by atoms with van der Waals surface area (Å²) in [6.07, 6.45) is 0. The Balaban J connectivity index is 2.84. The molecule has 0 unspecified atom stereocenters. The van der Waals surface area contributed by atoms with Crippen molar-refractivity contribution in [2.75, 3.05) is 42.0 Å². The van der Waals surface area contributed by atoms with E-state index in [4.69, 9.17) is 14.2 Å². The molecule has 0 aliphatic carbocycles. The molecule has 0 aliphatic rings. The first-order valence-corrected chi connectivity index (χ1v) is 6.23. The highest BCUT2D eigenvalue weighted by molar-refractivity contribution is 5.77. The number of benzene rings is 1. The number of nitrogens with zero attached hydrogens (tertiary/aromatic N) is 1. The molecule has 1 aromatic rings. The summed E-state index contributed by atoms with van der Waals surface area (Å²) in [6.45, 7) is 0.723. The van der Waals surface area contributed by atoms with Crippen LogP contribution in [0.4, 0.5) is 0 Å². The van der Waals surface area contributed by atoms with Gasteiger partial charge in [-0.05, 0) is 0 Å². The smallest absolute Gasteiger partial charge is 0.236 e. The maximum absolute atomic E-state index is 11.5. The monoisotopic (exact) mass is 282 g/mol. The van der Waals surface area contributed by atoms with Gasteiger partial charge in [0.2, 0.25) is 5.91 Å². The van der Waals surface area contributed by atoms with Gasteiger partial charge in [-0.3, -0.25) is 4.79 Å². The fourth-order valence-electron chi connectivity index (χ4n) is 1.70. The molecule has 6 heteroatoms. The van der Waals surface area contributed by atoms with Crippen molar-refractivity contribution in [3.05, 3.63) is 17.7 Å². The van der Waals surface area contributed by atoms with E-state index in [2.05, 4.69) is 5.32 Å². The third kappa shape index (κ3) is 4.03. The van der Waals surface area contributed by atoms with Gasteiger partial charge in [-0.1, -0.05) is 0 Å². The lowest BCUT2D eigenvalue weighted by Gasteiger charge is -2.16. The van der Waals surface area contributed by atoms with Crippen LogP contribution in [0.1, 0.15) is 5.56 Å². The van der Waals surface area contributed by atoms with Crippen molar-refractivity contribution < 1.29 is 19.0 Å². The van der Waals surface area contributed by atoms with Crippen LogP contribution in [0.25, 0.3) is 0 Å². The highest BCUT2D eigenvalue weighted by Gasteiger charge is 2.13. The van der Waals surface area contributed by atoms with Crippen molar-refractivity contribution in [2.45, 2.75) is 6.54 Å². The topological polar surface area (TPSA) is 60.0 Å². The van der Waals surface area contributed by atoms with Gasteiger partial charge in [-0.2, -0.15) is 0 Å². The molecule has 0 bridgehead atoms. The summed E-state index contributed by atoms with van der Waals surface area (Å²) in [4.78, 5) is 13.1. The highest BCUT2D eigenvalue weighted by atomic mass is 16.5. The van der Waals surface area contributed by atoms with Gasteiger partial charge in [-0.25, -0.2) is 0 Å². The standard InChI is InChI=1S/C14H22N2O4/c1-16(2)14(17)9-15-8-11-12(19-4)6-10(18-3)7-13(11)20-5/h6-7,15H,8-9H2,1-5H3. The molecule has 0 saturated heterocycles. The maximum atomic E-state index is 11.5. The van der Waals surface area contributed by atoms with E-state index in [1.165, 1.54) is 4.90 Å². The molecular weight excluding hydrogens is 260 g/mol. The second kappa shape index (κ2) is 7.59. The van der Waals surface area contributed by atoms with Crippen LogP contribution in [0.2, 0.25) is 0 Å². The second-order valence-electron chi connectivity index (χ2n) is 4.40. The summed E-state index contributed by atoms with van der Waals surface area (Å²) in [5.74, 6) is 1.99. The number of amides is 1. The van der Waals surface area contributed by atoms with Crippen molar-refractivity contribution in [1.82, 2.24) is 10.2 Å². The third-order valence-corrected chi connectivity index (χ3v) is 2.89. The Hall–Kier alpha value is -1.95. The minimum absolute atomic E-state index is 0.0106. The molecule has 0 aromatic heterocycles. The first kappa shape index (κ1) is 16.1. The molecule has 0 spiro atoms. The fraction of sp³-hybridized carbons (Fsp3) is 0.500. The maximum Gasteiger partial charge on any atom is 0.236 e.